The maximum atomic E-state index is 5.52. The Morgan fingerprint density at radius 3 is 2.78 bits per heavy atom. The Balaban J connectivity index is 1.96. The van der Waals surface area contributed by atoms with Gasteiger partial charge in [0.05, 0.1) is 0 Å². The van der Waals surface area contributed by atoms with Crippen molar-refractivity contribution >= 4 is 0 Å². The lowest BCUT2D eigenvalue weighted by Crippen LogP contribution is -2.16. The van der Waals surface area contributed by atoms with Crippen LogP contribution in [0.15, 0.2) is 18.5 Å². The van der Waals surface area contributed by atoms with Crippen molar-refractivity contribution in [2.24, 2.45) is 0 Å². The summed E-state index contributed by atoms with van der Waals surface area (Å²) >= 11 is 0. The predicted molar refractivity (Wildman–Crippen MR) is 76.8 cm³/mol. The van der Waals surface area contributed by atoms with Gasteiger partial charge in [-0.25, -0.2) is 0 Å². The van der Waals surface area contributed by atoms with E-state index in [1.807, 2.05) is 0 Å². The van der Waals surface area contributed by atoms with Crippen LogP contribution in [0, 0.1) is 0 Å². The van der Waals surface area contributed by atoms with Crippen molar-refractivity contribution < 1.29 is 4.74 Å². The normalized spacial score (nSPS) is 11.0. The van der Waals surface area contributed by atoms with Gasteiger partial charge in [0.25, 0.3) is 0 Å². The molecule has 1 N–H and O–H groups in total. The fourth-order valence-electron chi connectivity index (χ4n) is 1.87. The van der Waals surface area contributed by atoms with E-state index in [4.69, 9.17) is 4.74 Å². The number of ether oxygens (including phenoxy) is 1. The molecule has 0 aliphatic rings. The molecular weight excluding hydrogens is 224 g/mol. The third kappa shape index (κ3) is 6.82. The van der Waals surface area contributed by atoms with Crippen LogP contribution in [0.5, 0.6) is 0 Å². The molecule has 3 nitrogen and oxygen atoms in total. The summed E-state index contributed by atoms with van der Waals surface area (Å²) in [5.41, 5.74) is 1.37. The fourth-order valence-corrected chi connectivity index (χ4v) is 1.87. The van der Waals surface area contributed by atoms with Gasteiger partial charge in [-0.3, -0.25) is 0 Å². The third-order valence-corrected chi connectivity index (χ3v) is 2.91. The number of nitrogens with zero attached hydrogens (tertiary/aromatic N) is 1. The van der Waals surface area contributed by atoms with Crippen LogP contribution in [0.3, 0.4) is 0 Å². The lowest BCUT2D eigenvalue weighted by Gasteiger charge is -2.04. The minimum atomic E-state index is 0.879. The molecule has 3 heteroatoms. The Bertz CT molecular complexity index is 296. The van der Waals surface area contributed by atoms with Gasteiger partial charge in [0.1, 0.15) is 0 Å². The van der Waals surface area contributed by atoms with Crippen LogP contribution in [-0.2, 0) is 17.8 Å². The van der Waals surface area contributed by atoms with Gasteiger partial charge in [0.15, 0.2) is 0 Å². The maximum absolute atomic E-state index is 5.52. The minimum Gasteiger partial charge on any atom is -0.381 e. The number of hydrogen-bond acceptors (Lipinski definition) is 2. The van der Waals surface area contributed by atoms with Crippen LogP contribution >= 0.6 is 0 Å². The average molecular weight is 252 g/mol. The molecule has 1 aromatic rings. The summed E-state index contributed by atoms with van der Waals surface area (Å²) in [5, 5.41) is 3.45. The fraction of sp³-hybridized carbons (Fsp3) is 0.733. The Morgan fingerprint density at radius 1 is 1.17 bits per heavy atom. The van der Waals surface area contributed by atoms with Crippen LogP contribution < -0.4 is 5.32 Å². The first-order valence-corrected chi connectivity index (χ1v) is 7.30. The molecule has 0 atom stereocenters. The van der Waals surface area contributed by atoms with Gasteiger partial charge < -0.3 is 14.6 Å². The molecule has 0 aliphatic heterocycles. The molecule has 1 heterocycles. The highest BCUT2D eigenvalue weighted by atomic mass is 16.5. The molecule has 0 saturated heterocycles. The summed E-state index contributed by atoms with van der Waals surface area (Å²) in [7, 11) is 0. The number of aromatic nitrogens is 1. The smallest absolute Gasteiger partial charge is 0.0478 e. The van der Waals surface area contributed by atoms with Crippen molar-refractivity contribution in [3.8, 4) is 0 Å². The zero-order chi connectivity index (χ0) is 13.1. The van der Waals surface area contributed by atoms with Gasteiger partial charge in [-0.2, -0.15) is 0 Å². The molecule has 0 spiro atoms. The van der Waals surface area contributed by atoms with Gasteiger partial charge in [-0.1, -0.05) is 20.3 Å². The van der Waals surface area contributed by atoms with Crippen LogP contribution in [0.1, 0.15) is 45.1 Å². The molecule has 0 saturated carbocycles. The standard InChI is InChI=1S/C15H28N2O/c1-3-5-11-18-12-6-8-16-13-15-7-10-17(14-15)9-4-2/h7,10,14,16H,3-6,8-9,11-13H2,1-2H3. The Morgan fingerprint density at radius 2 is 2.00 bits per heavy atom. The van der Waals surface area contributed by atoms with E-state index in [0.29, 0.717) is 0 Å². The van der Waals surface area contributed by atoms with Gasteiger partial charge in [0.2, 0.25) is 0 Å². The molecule has 0 bridgehead atoms. The van der Waals surface area contributed by atoms with E-state index in [9.17, 15) is 0 Å². The first-order valence-electron chi connectivity index (χ1n) is 7.30. The van der Waals surface area contributed by atoms with Crippen LogP contribution in [0.25, 0.3) is 0 Å². The molecule has 0 aromatic carbocycles. The zero-order valence-electron chi connectivity index (χ0n) is 12.0. The molecule has 1 aromatic heterocycles. The highest BCUT2D eigenvalue weighted by Crippen LogP contribution is 2.01. The molecular formula is C15H28N2O. The van der Waals surface area contributed by atoms with Crippen LogP contribution in [0.2, 0.25) is 0 Å². The largest absolute Gasteiger partial charge is 0.381 e. The molecule has 0 radical (unpaired) electrons. The Kier molecular flexibility index (Phi) is 8.61. The molecule has 0 amide bonds. The van der Waals surface area contributed by atoms with Gasteiger partial charge in [-0.15, -0.1) is 0 Å². The van der Waals surface area contributed by atoms with E-state index in [0.717, 1.165) is 39.3 Å². The van der Waals surface area contributed by atoms with E-state index < -0.39 is 0 Å². The molecule has 18 heavy (non-hydrogen) atoms. The van der Waals surface area contributed by atoms with E-state index in [2.05, 4.69) is 42.2 Å². The number of rotatable bonds is 11. The third-order valence-electron chi connectivity index (χ3n) is 2.91. The quantitative estimate of drug-likeness (QED) is 0.612. The molecule has 0 fully saturated rings. The number of aryl methyl sites for hydroxylation is 1. The summed E-state index contributed by atoms with van der Waals surface area (Å²) < 4.78 is 7.77. The van der Waals surface area contributed by atoms with E-state index in [1.165, 1.54) is 24.8 Å². The average Bonchev–Trinajstić information content (AvgIpc) is 2.81. The van der Waals surface area contributed by atoms with Crippen molar-refractivity contribution in [3.05, 3.63) is 24.0 Å². The van der Waals surface area contributed by atoms with Crippen molar-refractivity contribution in [1.82, 2.24) is 9.88 Å². The Hall–Kier alpha value is -0.800. The number of hydrogen-bond donors (Lipinski definition) is 1. The summed E-state index contributed by atoms with van der Waals surface area (Å²) in [6.45, 7) is 9.30. The highest BCUT2D eigenvalue weighted by Gasteiger charge is 1.96. The van der Waals surface area contributed by atoms with E-state index in [1.54, 1.807) is 0 Å². The number of nitrogens with one attached hydrogen (secondary N) is 1. The summed E-state index contributed by atoms with van der Waals surface area (Å²) in [6.07, 6.45) is 9.07. The second kappa shape index (κ2) is 10.2. The highest BCUT2D eigenvalue weighted by molar-refractivity contribution is 5.09. The van der Waals surface area contributed by atoms with Crippen molar-refractivity contribution in [2.75, 3.05) is 19.8 Å². The lowest BCUT2D eigenvalue weighted by molar-refractivity contribution is 0.129. The van der Waals surface area contributed by atoms with Gasteiger partial charge in [0, 0.05) is 38.7 Å². The predicted octanol–water partition coefficient (Wildman–Crippen LogP) is 3.19. The van der Waals surface area contributed by atoms with Crippen LogP contribution in [-0.4, -0.2) is 24.3 Å². The van der Waals surface area contributed by atoms with Crippen molar-refractivity contribution in [2.45, 2.75) is 52.6 Å². The second-order valence-electron chi connectivity index (χ2n) is 4.75. The molecule has 104 valence electrons. The number of unbranched alkanes of at least 4 members (excludes halogenated alkanes) is 1. The van der Waals surface area contributed by atoms with E-state index in [-0.39, 0.29) is 0 Å². The van der Waals surface area contributed by atoms with Crippen molar-refractivity contribution in [3.63, 3.8) is 0 Å². The minimum absolute atomic E-state index is 0.879. The topological polar surface area (TPSA) is 26.2 Å². The summed E-state index contributed by atoms with van der Waals surface area (Å²) in [5.74, 6) is 0. The summed E-state index contributed by atoms with van der Waals surface area (Å²) in [6, 6.07) is 2.19. The van der Waals surface area contributed by atoms with Crippen molar-refractivity contribution in [1.29, 1.82) is 0 Å². The Labute approximate surface area is 112 Å². The second-order valence-corrected chi connectivity index (χ2v) is 4.75. The maximum Gasteiger partial charge on any atom is 0.0478 e. The van der Waals surface area contributed by atoms with Crippen LogP contribution in [0.4, 0.5) is 0 Å². The SMILES string of the molecule is CCCCOCCCNCc1ccn(CCC)c1. The molecule has 0 unspecified atom stereocenters. The first-order chi connectivity index (χ1) is 8.86. The zero-order valence-corrected chi connectivity index (χ0v) is 12.0. The van der Waals surface area contributed by atoms with E-state index >= 15 is 0 Å². The molecule has 0 aliphatic carbocycles. The lowest BCUT2D eigenvalue weighted by atomic mass is 10.3. The first kappa shape index (κ1) is 15.3. The summed E-state index contributed by atoms with van der Waals surface area (Å²) in [4.78, 5) is 0. The van der Waals surface area contributed by atoms with Gasteiger partial charge >= 0.3 is 0 Å². The van der Waals surface area contributed by atoms with Gasteiger partial charge in [-0.05, 0) is 37.4 Å². The monoisotopic (exact) mass is 252 g/mol. The molecule has 1 rings (SSSR count).